The Hall–Kier alpha value is -3.11. The Morgan fingerprint density at radius 3 is 2.41 bits per heavy atom. The maximum atomic E-state index is 11.6. The maximum Gasteiger partial charge on any atom is 0.153 e. The fourth-order valence-corrected chi connectivity index (χ4v) is 2.93. The normalized spacial score (nSPS) is 10.4. The molecule has 3 aromatic carbocycles. The van der Waals surface area contributed by atoms with Gasteiger partial charge >= 0.3 is 0 Å². The summed E-state index contributed by atoms with van der Waals surface area (Å²) in [5.74, 6) is 1.34. The first-order valence-electron chi connectivity index (χ1n) is 8.67. The summed E-state index contributed by atoms with van der Waals surface area (Å²) in [5.41, 5.74) is 4.49. The predicted octanol–water partition coefficient (Wildman–Crippen LogP) is 4.90. The highest BCUT2D eigenvalue weighted by Crippen LogP contribution is 2.31. The van der Waals surface area contributed by atoms with E-state index in [-0.39, 0.29) is 0 Å². The van der Waals surface area contributed by atoms with Crippen molar-refractivity contribution in [3.63, 3.8) is 0 Å². The van der Waals surface area contributed by atoms with Gasteiger partial charge in [-0.2, -0.15) is 0 Å². The van der Waals surface area contributed by atoms with Crippen LogP contribution in [0, 0.1) is 0 Å². The number of hydrogen-bond acceptors (Lipinski definition) is 4. The minimum Gasteiger partial charge on any atom is -0.497 e. The number of carbonyl (C=O) groups excluding carboxylic acids is 1. The summed E-state index contributed by atoms with van der Waals surface area (Å²) < 4.78 is 16.4. The van der Waals surface area contributed by atoms with Crippen molar-refractivity contribution in [2.24, 2.45) is 0 Å². The molecule has 0 radical (unpaired) electrons. The van der Waals surface area contributed by atoms with Gasteiger partial charge in [-0.05, 0) is 46.5 Å². The minimum absolute atomic E-state index is 0.415. The van der Waals surface area contributed by atoms with Crippen LogP contribution < -0.4 is 9.47 Å². The summed E-state index contributed by atoms with van der Waals surface area (Å²) in [6, 6.07) is 21.3. The third-order valence-electron chi connectivity index (χ3n) is 4.30. The average Bonchev–Trinajstić information content (AvgIpc) is 2.73. The number of rotatable bonds is 8. The molecule has 0 aliphatic heterocycles. The summed E-state index contributed by atoms with van der Waals surface area (Å²) in [6.07, 6.45) is 0.823. The Bertz CT molecular complexity index is 904. The Labute approximate surface area is 159 Å². The minimum atomic E-state index is 0.415. The SMILES string of the molecule is COCc1cc(OC)ccc1-c1ccc(OCc2ccccc2)c(C=O)c1. The molecule has 0 aliphatic carbocycles. The van der Waals surface area contributed by atoms with E-state index in [1.165, 1.54) is 0 Å². The van der Waals surface area contributed by atoms with E-state index in [1.54, 1.807) is 14.2 Å². The van der Waals surface area contributed by atoms with E-state index >= 15 is 0 Å². The fourth-order valence-electron chi connectivity index (χ4n) is 2.93. The first-order chi connectivity index (χ1) is 13.2. The van der Waals surface area contributed by atoms with Crippen molar-refractivity contribution in [1.82, 2.24) is 0 Å². The molecule has 0 heterocycles. The molecule has 138 valence electrons. The monoisotopic (exact) mass is 362 g/mol. The molecule has 3 aromatic rings. The van der Waals surface area contributed by atoms with E-state index in [1.807, 2.05) is 66.7 Å². The van der Waals surface area contributed by atoms with Crippen LogP contribution in [0.1, 0.15) is 21.5 Å². The maximum absolute atomic E-state index is 11.6. The van der Waals surface area contributed by atoms with Crippen LogP contribution in [0.4, 0.5) is 0 Å². The molecule has 0 saturated heterocycles. The van der Waals surface area contributed by atoms with Crippen LogP contribution in [0.3, 0.4) is 0 Å². The van der Waals surface area contributed by atoms with Crippen molar-refractivity contribution in [2.45, 2.75) is 13.2 Å². The van der Waals surface area contributed by atoms with Gasteiger partial charge in [-0.3, -0.25) is 4.79 Å². The Morgan fingerprint density at radius 2 is 1.70 bits per heavy atom. The largest absolute Gasteiger partial charge is 0.497 e. The van der Waals surface area contributed by atoms with Crippen LogP contribution in [0.5, 0.6) is 11.5 Å². The van der Waals surface area contributed by atoms with Crippen LogP contribution in [0.15, 0.2) is 66.7 Å². The van der Waals surface area contributed by atoms with Crippen LogP contribution in [-0.4, -0.2) is 20.5 Å². The second-order valence-electron chi connectivity index (χ2n) is 6.10. The van der Waals surface area contributed by atoms with E-state index in [2.05, 4.69) is 0 Å². The van der Waals surface area contributed by atoms with Crippen molar-refractivity contribution in [3.05, 3.63) is 83.4 Å². The molecular formula is C23H22O4. The van der Waals surface area contributed by atoms with Gasteiger partial charge in [0.25, 0.3) is 0 Å². The van der Waals surface area contributed by atoms with Gasteiger partial charge < -0.3 is 14.2 Å². The number of aldehydes is 1. The number of hydrogen-bond donors (Lipinski definition) is 0. The Balaban J connectivity index is 1.89. The zero-order valence-electron chi connectivity index (χ0n) is 15.5. The Morgan fingerprint density at radius 1 is 0.889 bits per heavy atom. The smallest absolute Gasteiger partial charge is 0.153 e. The van der Waals surface area contributed by atoms with Crippen molar-refractivity contribution in [2.75, 3.05) is 14.2 Å². The third kappa shape index (κ3) is 4.54. The molecule has 0 spiro atoms. The fraction of sp³-hybridized carbons (Fsp3) is 0.174. The summed E-state index contributed by atoms with van der Waals surface area (Å²) in [4.78, 5) is 11.6. The molecule has 0 saturated carbocycles. The highest BCUT2D eigenvalue weighted by atomic mass is 16.5. The van der Waals surface area contributed by atoms with Crippen LogP contribution in [0.2, 0.25) is 0 Å². The molecule has 27 heavy (non-hydrogen) atoms. The highest BCUT2D eigenvalue weighted by molar-refractivity contribution is 5.83. The number of methoxy groups -OCH3 is 2. The number of ether oxygens (including phenoxy) is 3. The van der Waals surface area contributed by atoms with Gasteiger partial charge in [-0.15, -0.1) is 0 Å². The quantitative estimate of drug-likeness (QED) is 0.535. The lowest BCUT2D eigenvalue weighted by Crippen LogP contribution is -1.99. The highest BCUT2D eigenvalue weighted by Gasteiger charge is 2.11. The lowest BCUT2D eigenvalue weighted by Gasteiger charge is -2.14. The molecule has 0 aliphatic rings. The summed E-state index contributed by atoms with van der Waals surface area (Å²) in [5, 5.41) is 0. The molecule has 0 bridgehead atoms. The first-order valence-corrected chi connectivity index (χ1v) is 8.67. The van der Waals surface area contributed by atoms with E-state index in [9.17, 15) is 4.79 Å². The second-order valence-corrected chi connectivity index (χ2v) is 6.10. The van der Waals surface area contributed by atoms with Gasteiger partial charge in [0.15, 0.2) is 6.29 Å². The van der Waals surface area contributed by atoms with Crippen molar-refractivity contribution in [3.8, 4) is 22.6 Å². The second kappa shape index (κ2) is 9.01. The van der Waals surface area contributed by atoms with Gasteiger partial charge in [0, 0.05) is 7.11 Å². The van der Waals surface area contributed by atoms with Gasteiger partial charge in [-0.1, -0.05) is 42.5 Å². The van der Waals surface area contributed by atoms with Crippen LogP contribution in [-0.2, 0) is 18.0 Å². The molecule has 3 rings (SSSR count). The third-order valence-corrected chi connectivity index (χ3v) is 4.30. The van der Waals surface area contributed by atoms with E-state index < -0.39 is 0 Å². The number of carbonyl (C=O) groups is 1. The predicted molar refractivity (Wildman–Crippen MR) is 105 cm³/mol. The van der Waals surface area contributed by atoms with Crippen molar-refractivity contribution >= 4 is 6.29 Å². The molecule has 4 nitrogen and oxygen atoms in total. The van der Waals surface area contributed by atoms with Crippen LogP contribution in [0.25, 0.3) is 11.1 Å². The van der Waals surface area contributed by atoms with Gasteiger partial charge in [-0.25, -0.2) is 0 Å². The molecule has 0 aromatic heterocycles. The standard InChI is InChI=1S/C23H22O4/c1-25-16-20-13-21(26-2)9-10-22(20)18-8-11-23(19(12-18)14-24)27-15-17-6-4-3-5-7-17/h3-14H,15-16H2,1-2H3. The summed E-state index contributed by atoms with van der Waals surface area (Å²) >= 11 is 0. The lowest BCUT2D eigenvalue weighted by atomic mass is 9.98. The van der Waals surface area contributed by atoms with Crippen LogP contribution >= 0.6 is 0 Å². The average molecular weight is 362 g/mol. The van der Waals surface area contributed by atoms with E-state index in [4.69, 9.17) is 14.2 Å². The van der Waals surface area contributed by atoms with Gasteiger partial charge in [0.05, 0.1) is 19.3 Å². The van der Waals surface area contributed by atoms with Gasteiger partial charge in [0.2, 0.25) is 0 Å². The Kier molecular flexibility index (Phi) is 6.23. The lowest BCUT2D eigenvalue weighted by molar-refractivity contribution is 0.111. The molecule has 0 atom stereocenters. The topological polar surface area (TPSA) is 44.8 Å². The zero-order valence-corrected chi connectivity index (χ0v) is 15.5. The number of benzene rings is 3. The molecule has 0 N–H and O–H groups in total. The first kappa shape index (κ1) is 18.7. The van der Waals surface area contributed by atoms with Crippen molar-refractivity contribution < 1.29 is 19.0 Å². The molecule has 0 fully saturated rings. The van der Waals surface area contributed by atoms with Gasteiger partial charge in [0.1, 0.15) is 18.1 Å². The summed E-state index contributed by atoms with van der Waals surface area (Å²) in [7, 11) is 3.29. The molecule has 0 amide bonds. The molecule has 4 heteroatoms. The van der Waals surface area contributed by atoms with Crippen molar-refractivity contribution in [1.29, 1.82) is 0 Å². The zero-order chi connectivity index (χ0) is 19.1. The summed E-state index contributed by atoms with van der Waals surface area (Å²) in [6.45, 7) is 0.869. The van der Waals surface area contributed by atoms with E-state index in [0.29, 0.717) is 24.5 Å². The molecular weight excluding hydrogens is 340 g/mol. The van der Waals surface area contributed by atoms with E-state index in [0.717, 1.165) is 34.3 Å². The molecule has 0 unspecified atom stereocenters.